The molecule has 102 valence electrons. The summed E-state index contributed by atoms with van der Waals surface area (Å²) in [6, 6.07) is 5.32. The maximum Gasteiger partial charge on any atom is 0.123 e. The van der Waals surface area contributed by atoms with Crippen molar-refractivity contribution in [3.8, 4) is 11.5 Å². The average molecular weight is 253 g/mol. The number of unbranched alkanes of at least 4 members (excludes halogenated alkanes) is 1. The average Bonchev–Trinajstić information content (AvgIpc) is 2.39. The van der Waals surface area contributed by atoms with E-state index < -0.39 is 0 Å². The first-order valence-electron chi connectivity index (χ1n) is 6.42. The van der Waals surface area contributed by atoms with Crippen LogP contribution in [0.1, 0.15) is 25.3 Å². The van der Waals surface area contributed by atoms with Gasteiger partial charge in [-0.05, 0) is 12.5 Å². The number of benzene rings is 1. The summed E-state index contributed by atoms with van der Waals surface area (Å²) in [6.07, 6.45) is 2.27. The molecule has 1 aromatic carbocycles. The predicted molar refractivity (Wildman–Crippen MR) is 72.1 cm³/mol. The molecule has 4 nitrogen and oxygen atoms in total. The summed E-state index contributed by atoms with van der Waals surface area (Å²) in [5.41, 5.74) is 0.865. The number of hydrogen-bond donors (Lipinski definition) is 2. The van der Waals surface area contributed by atoms with E-state index in [0.29, 0.717) is 18.9 Å². The molecule has 0 aliphatic rings. The van der Waals surface area contributed by atoms with Crippen molar-refractivity contribution in [2.75, 3.05) is 26.9 Å². The molecule has 4 heteroatoms. The number of rotatable bonds is 9. The van der Waals surface area contributed by atoms with Crippen molar-refractivity contribution < 1.29 is 14.6 Å². The van der Waals surface area contributed by atoms with Crippen molar-refractivity contribution >= 4 is 0 Å². The molecule has 0 heterocycles. The van der Waals surface area contributed by atoms with Crippen molar-refractivity contribution in [1.82, 2.24) is 5.32 Å². The van der Waals surface area contributed by atoms with Crippen LogP contribution in [0.15, 0.2) is 18.2 Å². The summed E-state index contributed by atoms with van der Waals surface area (Å²) in [4.78, 5) is 0. The minimum atomic E-state index is 0.258. The second-order valence-corrected chi connectivity index (χ2v) is 4.14. The molecule has 0 aliphatic carbocycles. The van der Waals surface area contributed by atoms with Crippen LogP contribution in [0.2, 0.25) is 0 Å². The number of ether oxygens (including phenoxy) is 2. The third kappa shape index (κ3) is 5.38. The molecule has 0 saturated carbocycles. The van der Waals surface area contributed by atoms with Crippen LogP contribution in [0.5, 0.6) is 11.5 Å². The van der Waals surface area contributed by atoms with Crippen molar-refractivity contribution in [3.05, 3.63) is 23.8 Å². The molecule has 0 saturated heterocycles. The first-order valence-corrected chi connectivity index (χ1v) is 6.42. The van der Waals surface area contributed by atoms with Gasteiger partial charge in [-0.1, -0.05) is 19.4 Å². The lowest BCUT2D eigenvalue weighted by Gasteiger charge is -2.08. The summed E-state index contributed by atoms with van der Waals surface area (Å²) in [5.74, 6) is 0.924. The molecule has 18 heavy (non-hydrogen) atoms. The molecule has 0 fully saturated rings. The summed E-state index contributed by atoms with van der Waals surface area (Å²) in [7, 11) is 1.58. The topological polar surface area (TPSA) is 50.7 Å². The summed E-state index contributed by atoms with van der Waals surface area (Å²) < 4.78 is 10.5. The Kier molecular flexibility index (Phi) is 7.22. The molecule has 1 rings (SSSR count). The molecule has 1 aromatic rings. The Hall–Kier alpha value is -1.26. The van der Waals surface area contributed by atoms with Crippen molar-refractivity contribution in [1.29, 1.82) is 0 Å². The molecule has 0 aliphatic heterocycles. The van der Waals surface area contributed by atoms with Crippen LogP contribution in [0, 0.1) is 0 Å². The maximum atomic E-state index is 9.74. The third-order valence-electron chi connectivity index (χ3n) is 2.67. The zero-order valence-corrected chi connectivity index (χ0v) is 11.2. The van der Waals surface area contributed by atoms with E-state index in [-0.39, 0.29) is 5.75 Å². The van der Waals surface area contributed by atoms with E-state index in [1.54, 1.807) is 13.2 Å². The minimum absolute atomic E-state index is 0.258. The summed E-state index contributed by atoms with van der Waals surface area (Å²) in [6.45, 7) is 5.10. The van der Waals surface area contributed by atoms with Crippen molar-refractivity contribution in [3.63, 3.8) is 0 Å². The van der Waals surface area contributed by atoms with Gasteiger partial charge in [-0.15, -0.1) is 0 Å². The van der Waals surface area contributed by atoms with Crippen molar-refractivity contribution in [2.24, 2.45) is 0 Å². The van der Waals surface area contributed by atoms with Gasteiger partial charge in [0.1, 0.15) is 11.5 Å². The van der Waals surface area contributed by atoms with Crippen LogP contribution < -0.4 is 10.1 Å². The first kappa shape index (κ1) is 14.8. The van der Waals surface area contributed by atoms with Crippen LogP contribution >= 0.6 is 0 Å². The van der Waals surface area contributed by atoms with Crippen LogP contribution in [0.4, 0.5) is 0 Å². The van der Waals surface area contributed by atoms with Gasteiger partial charge in [0, 0.05) is 31.3 Å². The quantitative estimate of drug-likeness (QED) is 0.663. The van der Waals surface area contributed by atoms with E-state index in [1.807, 2.05) is 12.1 Å². The Labute approximate surface area is 109 Å². The fourth-order valence-electron chi connectivity index (χ4n) is 1.54. The van der Waals surface area contributed by atoms with Gasteiger partial charge < -0.3 is 19.9 Å². The lowest BCUT2D eigenvalue weighted by Crippen LogP contribution is -2.19. The number of aromatic hydroxyl groups is 1. The van der Waals surface area contributed by atoms with Gasteiger partial charge in [-0.3, -0.25) is 0 Å². The largest absolute Gasteiger partial charge is 0.507 e. The lowest BCUT2D eigenvalue weighted by molar-refractivity contribution is 0.133. The highest BCUT2D eigenvalue weighted by Crippen LogP contribution is 2.22. The number of phenolic OH excluding ortho intramolecular Hbond substituents is 1. The van der Waals surface area contributed by atoms with Gasteiger partial charge >= 0.3 is 0 Å². The van der Waals surface area contributed by atoms with Gasteiger partial charge in [0.15, 0.2) is 0 Å². The Morgan fingerprint density at radius 3 is 2.78 bits per heavy atom. The normalized spacial score (nSPS) is 10.6. The number of hydrogen-bond acceptors (Lipinski definition) is 4. The Morgan fingerprint density at radius 1 is 1.28 bits per heavy atom. The molecule has 0 unspecified atom stereocenters. The van der Waals surface area contributed by atoms with Crippen LogP contribution in [-0.4, -0.2) is 32.0 Å². The number of methoxy groups -OCH3 is 1. The second kappa shape index (κ2) is 8.78. The minimum Gasteiger partial charge on any atom is -0.507 e. The van der Waals surface area contributed by atoms with Crippen LogP contribution in [-0.2, 0) is 11.3 Å². The van der Waals surface area contributed by atoms with E-state index in [9.17, 15) is 5.11 Å². The standard InChI is InChI=1S/C14H23NO3/c1-3-4-8-18-9-7-15-11-12-5-6-13(17-2)10-14(12)16/h5-6,10,15-16H,3-4,7-9,11H2,1-2H3. The lowest BCUT2D eigenvalue weighted by atomic mass is 10.2. The molecule has 0 aromatic heterocycles. The van der Waals surface area contributed by atoms with Gasteiger partial charge in [-0.2, -0.15) is 0 Å². The van der Waals surface area contributed by atoms with E-state index in [2.05, 4.69) is 12.2 Å². The van der Waals surface area contributed by atoms with E-state index in [0.717, 1.165) is 31.6 Å². The van der Waals surface area contributed by atoms with E-state index >= 15 is 0 Å². The highest BCUT2D eigenvalue weighted by molar-refractivity contribution is 5.39. The zero-order valence-electron chi connectivity index (χ0n) is 11.2. The highest BCUT2D eigenvalue weighted by Gasteiger charge is 2.02. The highest BCUT2D eigenvalue weighted by atomic mass is 16.5. The molecule has 2 N–H and O–H groups in total. The van der Waals surface area contributed by atoms with Crippen LogP contribution in [0.3, 0.4) is 0 Å². The fraction of sp³-hybridized carbons (Fsp3) is 0.571. The number of phenols is 1. The third-order valence-corrected chi connectivity index (χ3v) is 2.67. The molecule has 0 radical (unpaired) electrons. The fourth-order valence-corrected chi connectivity index (χ4v) is 1.54. The van der Waals surface area contributed by atoms with Gasteiger partial charge in [0.05, 0.1) is 13.7 Å². The molecule has 0 amide bonds. The van der Waals surface area contributed by atoms with E-state index in [1.165, 1.54) is 0 Å². The Morgan fingerprint density at radius 2 is 2.11 bits per heavy atom. The van der Waals surface area contributed by atoms with Gasteiger partial charge in [-0.25, -0.2) is 0 Å². The second-order valence-electron chi connectivity index (χ2n) is 4.14. The maximum absolute atomic E-state index is 9.74. The van der Waals surface area contributed by atoms with Gasteiger partial charge in [0.2, 0.25) is 0 Å². The van der Waals surface area contributed by atoms with Crippen LogP contribution in [0.25, 0.3) is 0 Å². The predicted octanol–water partition coefficient (Wildman–Crippen LogP) is 2.31. The Balaban J connectivity index is 2.19. The molecular weight excluding hydrogens is 230 g/mol. The zero-order chi connectivity index (χ0) is 13.2. The summed E-state index contributed by atoms with van der Waals surface area (Å²) >= 11 is 0. The monoisotopic (exact) mass is 253 g/mol. The van der Waals surface area contributed by atoms with E-state index in [4.69, 9.17) is 9.47 Å². The smallest absolute Gasteiger partial charge is 0.123 e. The molecule has 0 bridgehead atoms. The molecule has 0 spiro atoms. The molecule has 0 atom stereocenters. The summed E-state index contributed by atoms with van der Waals surface area (Å²) in [5, 5.41) is 13.0. The Bertz CT molecular complexity index is 342. The molecular formula is C14H23NO3. The van der Waals surface area contributed by atoms with Crippen molar-refractivity contribution in [2.45, 2.75) is 26.3 Å². The number of nitrogens with one attached hydrogen (secondary N) is 1. The first-order chi connectivity index (χ1) is 8.77. The SMILES string of the molecule is CCCCOCCNCc1ccc(OC)cc1O. The van der Waals surface area contributed by atoms with Gasteiger partial charge in [0.25, 0.3) is 0 Å².